The van der Waals surface area contributed by atoms with Crippen LogP contribution < -0.4 is 10.1 Å². The van der Waals surface area contributed by atoms with Crippen molar-refractivity contribution in [3.63, 3.8) is 0 Å². The Labute approximate surface area is 131 Å². The topological polar surface area (TPSA) is 115 Å². The molecular weight excluding hydrogens is 302 g/mol. The van der Waals surface area contributed by atoms with Gasteiger partial charge in [-0.15, -0.1) is 0 Å². The number of amides is 1. The molecule has 1 aromatic carbocycles. The normalized spacial score (nSPS) is 15.0. The third kappa shape index (κ3) is 3.15. The number of aryl methyl sites for hydroxylation is 1. The van der Waals surface area contributed by atoms with Crippen molar-refractivity contribution in [1.82, 2.24) is 10.1 Å². The number of carbonyl (C=O) groups is 2. The molecule has 0 saturated heterocycles. The molecule has 1 fully saturated rings. The molecule has 0 spiro atoms. The zero-order valence-corrected chi connectivity index (χ0v) is 12.4. The molecule has 1 aliphatic rings. The fraction of sp³-hybridized carbons (Fsp3) is 0.333. The molecule has 0 radical (unpaired) electrons. The third-order valence-electron chi connectivity index (χ3n) is 3.64. The van der Waals surface area contributed by atoms with Crippen LogP contribution in [0.5, 0.6) is 5.75 Å². The van der Waals surface area contributed by atoms with Gasteiger partial charge in [0, 0.05) is 5.69 Å². The van der Waals surface area contributed by atoms with Gasteiger partial charge in [0.15, 0.2) is 12.4 Å². The monoisotopic (exact) mass is 317 g/mol. The van der Waals surface area contributed by atoms with E-state index in [4.69, 9.17) is 14.4 Å². The van der Waals surface area contributed by atoms with Gasteiger partial charge in [0.25, 0.3) is 5.89 Å². The number of anilines is 1. The number of carbonyl (C=O) groups excluding carboxylic acids is 1. The average Bonchev–Trinajstić information content (AvgIpc) is 3.25. The third-order valence-corrected chi connectivity index (χ3v) is 3.64. The van der Waals surface area contributed by atoms with Gasteiger partial charge in [-0.25, -0.2) is 0 Å². The van der Waals surface area contributed by atoms with Crippen LogP contribution in [-0.4, -0.2) is 27.1 Å². The van der Waals surface area contributed by atoms with Crippen molar-refractivity contribution >= 4 is 17.6 Å². The number of nitrogens with zero attached hydrogens (tertiary/aromatic N) is 2. The molecule has 1 aliphatic carbocycles. The summed E-state index contributed by atoms with van der Waals surface area (Å²) in [5.74, 6) is -0.0888. The summed E-state index contributed by atoms with van der Waals surface area (Å²) in [5.41, 5.74) is -0.742. The van der Waals surface area contributed by atoms with Crippen molar-refractivity contribution in [1.29, 1.82) is 0 Å². The highest BCUT2D eigenvalue weighted by molar-refractivity contribution is 6.10. The maximum absolute atomic E-state index is 12.0. The first-order valence-corrected chi connectivity index (χ1v) is 7.06. The lowest BCUT2D eigenvalue weighted by Gasteiger charge is -2.11. The highest BCUT2D eigenvalue weighted by atomic mass is 16.5. The zero-order chi connectivity index (χ0) is 16.4. The minimum absolute atomic E-state index is 0.147. The van der Waals surface area contributed by atoms with Gasteiger partial charge >= 0.3 is 5.97 Å². The van der Waals surface area contributed by atoms with Crippen LogP contribution >= 0.6 is 0 Å². The highest BCUT2D eigenvalue weighted by Gasteiger charge is 2.57. The van der Waals surface area contributed by atoms with Gasteiger partial charge in [-0.1, -0.05) is 5.16 Å². The van der Waals surface area contributed by atoms with E-state index in [0.717, 1.165) is 0 Å². The maximum Gasteiger partial charge on any atom is 0.319 e. The molecule has 2 N–H and O–H groups in total. The number of hydrogen-bond donors (Lipinski definition) is 2. The average molecular weight is 317 g/mol. The summed E-state index contributed by atoms with van der Waals surface area (Å²) >= 11 is 0. The van der Waals surface area contributed by atoms with Gasteiger partial charge in [0.05, 0.1) is 0 Å². The van der Waals surface area contributed by atoms with Crippen molar-refractivity contribution in [2.75, 3.05) is 5.32 Å². The van der Waals surface area contributed by atoms with Crippen molar-refractivity contribution in [3.8, 4) is 5.75 Å². The van der Waals surface area contributed by atoms with Crippen molar-refractivity contribution < 1.29 is 24.0 Å². The minimum atomic E-state index is -1.26. The number of carboxylic acids is 1. The van der Waals surface area contributed by atoms with Crippen molar-refractivity contribution in [2.24, 2.45) is 5.41 Å². The molecule has 0 atom stereocenters. The Kier molecular flexibility index (Phi) is 3.73. The Bertz CT molecular complexity index is 734. The van der Waals surface area contributed by atoms with Gasteiger partial charge in [0.2, 0.25) is 5.91 Å². The molecule has 0 unspecified atom stereocenters. The second kappa shape index (κ2) is 5.71. The number of aromatic nitrogens is 2. The van der Waals surface area contributed by atoms with Crippen molar-refractivity contribution in [2.45, 2.75) is 26.4 Å². The van der Waals surface area contributed by atoms with Gasteiger partial charge in [-0.05, 0) is 44.0 Å². The zero-order valence-electron chi connectivity index (χ0n) is 12.4. The molecule has 8 nitrogen and oxygen atoms in total. The summed E-state index contributed by atoms with van der Waals surface area (Å²) in [6, 6.07) is 6.62. The summed E-state index contributed by atoms with van der Waals surface area (Å²) in [6.07, 6.45) is 0.748. The Morgan fingerprint density at radius 3 is 2.57 bits per heavy atom. The van der Waals surface area contributed by atoms with E-state index in [2.05, 4.69) is 15.5 Å². The van der Waals surface area contributed by atoms with Crippen LogP contribution in [0.4, 0.5) is 5.69 Å². The van der Waals surface area contributed by atoms with Crippen LogP contribution in [0, 0.1) is 12.3 Å². The predicted octanol–water partition coefficient (Wildman–Crippen LogP) is 1.76. The SMILES string of the molecule is Cc1noc(COc2ccc(NC(=O)C3(C(=O)O)CC3)cc2)n1. The van der Waals surface area contributed by atoms with Gasteiger partial charge in [-0.2, -0.15) is 4.98 Å². The fourth-order valence-corrected chi connectivity index (χ4v) is 2.09. The highest BCUT2D eigenvalue weighted by Crippen LogP contribution is 2.46. The first-order valence-electron chi connectivity index (χ1n) is 7.06. The second-order valence-electron chi connectivity index (χ2n) is 5.39. The summed E-state index contributed by atoms with van der Waals surface area (Å²) in [6.45, 7) is 1.86. The maximum atomic E-state index is 12.0. The molecule has 23 heavy (non-hydrogen) atoms. The second-order valence-corrected chi connectivity index (χ2v) is 5.39. The molecule has 120 valence electrons. The molecule has 3 rings (SSSR count). The van der Waals surface area contributed by atoms with Gasteiger partial charge in [0.1, 0.15) is 11.2 Å². The Hall–Kier alpha value is -2.90. The van der Waals surface area contributed by atoms with E-state index in [0.29, 0.717) is 36.0 Å². The lowest BCUT2D eigenvalue weighted by atomic mass is 10.1. The lowest BCUT2D eigenvalue weighted by molar-refractivity contribution is -0.147. The number of nitrogens with one attached hydrogen (secondary N) is 1. The van der Waals surface area contributed by atoms with E-state index in [9.17, 15) is 9.59 Å². The van der Waals surface area contributed by atoms with Crippen LogP contribution in [0.25, 0.3) is 0 Å². The van der Waals surface area contributed by atoms with Gasteiger partial charge < -0.3 is 19.7 Å². The largest absolute Gasteiger partial charge is 0.484 e. The standard InChI is InChI=1S/C15H15N3O5/c1-9-16-12(23-18-9)8-22-11-4-2-10(3-5-11)17-13(19)15(6-7-15)14(20)21/h2-5H,6-8H2,1H3,(H,17,19)(H,20,21). The molecule has 1 heterocycles. The molecule has 0 aliphatic heterocycles. The number of carboxylic acid groups (broad SMARTS) is 1. The first kappa shape index (κ1) is 15.0. The predicted molar refractivity (Wildman–Crippen MR) is 77.7 cm³/mol. The quantitative estimate of drug-likeness (QED) is 0.780. The van der Waals surface area contributed by atoms with E-state index in [1.165, 1.54) is 0 Å². The molecule has 0 bridgehead atoms. The van der Waals surface area contributed by atoms with Gasteiger partial charge in [-0.3, -0.25) is 9.59 Å². The Morgan fingerprint density at radius 1 is 1.35 bits per heavy atom. The molecular formula is C15H15N3O5. The summed E-state index contributed by atoms with van der Waals surface area (Å²) in [7, 11) is 0. The van der Waals surface area contributed by atoms with Crippen LogP contribution in [0.15, 0.2) is 28.8 Å². The van der Waals surface area contributed by atoms with Crippen molar-refractivity contribution in [3.05, 3.63) is 36.0 Å². The number of benzene rings is 1. The fourth-order valence-electron chi connectivity index (χ4n) is 2.09. The van der Waals surface area contributed by atoms with E-state index in [1.807, 2.05) is 0 Å². The number of ether oxygens (including phenoxy) is 1. The van der Waals surface area contributed by atoms with Crippen LogP contribution in [0.3, 0.4) is 0 Å². The minimum Gasteiger partial charge on any atom is -0.484 e. The molecule has 1 aromatic heterocycles. The van der Waals surface area contributed by atoms with E-state index < -0.39 is 17.3 Å². The molecule has 1 amide bonds. The Balaban J connectivity index is 1.57. The first-order chi connectivity index (χ1) is 11.0. The molecule has 8 heteroatoms. The summed E-state index contributed by atoms with van der Waals surface area (Å²) < 4.78 is 10.4. The summed E-state index contributed by atoms with van der Waals surface area (Å²) in [5, 5.41) is 15.3. The smallest absolute Gasteiger partial charge is 0.319 e. The van der Waals surface area contributed by atoms with E-state index in [1.54, 1.807) is 31.2 Å². The lowest BCUT2D eigenvalue weighted by Crippen LogP contribution is -2.31. The number of aliphatic carboxylic acids is 1. The Morgan fingerprint density at radius 2 is 2.04 bits per heavy atom. The van der Waals surface area contributed by atoms with E-state index in [-0.39, 0.29) is 6.61 Å². The van der Waals surface area contributed by atoms with Crippen LogP contribution in [0.1, 0.15) is 24.6 Å². The summed E-state index contributed by atoms with van der Waals surface area (Å²) in [4.78, 5) is 27.1. The molecule has 1 saturated carbocycles. The van der Waals surface area contributed by atoms with Crippen LogP contribution in [-0.2, 0) is 16.2 Å². The molecule has 2 aromatic rings. The number of rotatable bonds is 6. The van der Waals surface area contributed by atoms with E-state index >= 15 is 0 Å². The van der Waals surface area contributed by atoms with Crippen LogP contribution in [0.2, 0.25) is 0 Å². The number of hydrogen-bond acceptors (Lipinski definition) is 6.